The van der Waals surface area contributed by atoms with Gasteiger partial charge in [-0.3, -0.25) is 4.90 Å². The van der Waals surface area contributed by atoms with Crippen LogP contribution < -0.4 is 19.5 Å². The molecular weight excluding hydrogens is 554 g/mol. The Bertz CT molecular complexity index is 1460. The number of morpholine rings is 1. The molecule has 2 heterocycles. The summed E-state index contributed by atoms with van der Waals surface area (Å²) in [5.74, 6) is 3.20. The highest BCUT2D eigenvalue weighted by molar-refractivity contribution is 8.00. The van der Waals surface area contributed by atoms with E-state index >= 15 is 0 Å². The fourth-order valence-electron chi connectivity index (χ4n) is 4.17. The number of rotatable bonds is 10. The number of halogens is 4. The Labute approximate surface area is 230 Å². The molecule has 1 aliphatic heterocycles. The second-order valence-electron chi connectivity index (χ2n) is 9.47. The van der Waals surface area contributed by atoms with Gasteiger partial charge in [0.1, 0.15) is 36.1 Å². The third-order valence-electron chi connectivity index (χ3n) is 6.16. The second-order valence-corrected chi connectivity index (χ2v) is 11.7. The molecule has 1 saturated heterocycles. The summed E-state index contributed by atoms with van der Waals surface area (Å²) in [6.07, 6.45) is -4.10. The third-order valence-corrected chi connectivity index (χ3v) is 6.81. The van der Waals surface area contributed by atoms with Crippen LogP contribution in [0.25, 0.3) is 10.9 Å². The minimum Gasteiger partial charge on any atom is -0.490 e. The second kappa shape index (κ2) is 12.0. The van der Waals surface area contributed by atoms with Crippen molar-refractivity contribution in [2.45, 2.75) is 26.1 Å². The molecule has 0 aliphatic carbocycles. The SMILES string of the molecule is C=S(C)(=O)Nc1cc2ncnc(Nc3ccc(F)cc3OC(C)C(F)(F)F)c2c(C)c1OCCN1CCOCC1. The largest absolute Gasteiger partial charge is 0.490 e. The van der Waals surface area contributed by atoms with Crippen molar-refractivity contribution in [1.82, 2.24) is 14.9 Å². The summed E-state index contributed by atoms with van der Waals surface area (Å²) in [5, 5.41) is 3.47. The van der Waals surface area contributed by atoms with E-state index in [0.29, 0.717) is 54.3 Å². The summed E-state index contributed by atoms with van der Waals surface area (Å²) in [6.45, 7) is 6.41. The molecule has 2 aromatic carbocycles. The van der Waals surface area contributed by atoms with Crippen molar-refractivity contribution in [2.75, 3.05) is 55.7 Å². The highest BCUT2D eigenvalue weighted by atomic mass is 32.2. The molecule has 218 valence electrons. The van der Waals surface area contributed by atoms with Crippen LogP contribution in [0.1, 0.15) is 12.5 Å². The Morgan fingerprint density at radius 2 is 1.93 bits per heavy atom. The predicted molar refractivity (Wildman–Crippen MR) is 148 cm³/mol. The number of aryl methyl sites for hydroxylation is 1. The highest BCUT2D eigenvalue weighted by Gasteiger charge is 2.38. The van der Waals surface area contributed by atoms with E-state index in [4.69, 9.17) is 14.2 Å². The van der Waals surface area contributed by atoms with E-state index in [9.17, 15) is 21.8 Å². The molecule has 1 aromatic heterocycles. The number of fused-ring (bicyclic) bond motifs is 1. The Hall–Kier alpha value is -3.36. The third kappa shape index (κ3) is 7.43. The zero-order chi connectivity index (χ0) is 29.1. The van der Waals surface area contributed by atoms with E-state index < -0.39 is 27.8 Å². The van der Waals surface area contributed by atoms with Crippen LogP contribution in [-0.4, -0.2) is 82.9 Å². The number of hydrogen-bond acceptors (Lipinski definition) is 8. The number of nitrogens with one attached hydrogen (secondary N) is 2. The first-order chi connectivity index (χ1) is 18.8. The van der Waals surface area contributed by atoms with Gasteiger partial charge >= 0.3 is 6.18 Å². The highest BCUT2D eigenvalue weighted by Crippen LogP contribution is 2.40. The number of hydrogen-bond donors (Lipinski definition) is 2. The lowest BCUT2D eigenvalue weighted by Crippen LogP contribution is -2.38. The van der Waals surface area contributed by atoms with Crippen LogP contribution >= 0.6 is 0 Å². The summed E-state index contributed by atoms with van der Waals surface area (Å²) in [4.78, 5) is 10.8. The van der Waals surface area contributed by atoms with E-state index in [1.807, 2.05) is 0 Å². The van der Waals surface area contributed by atoms with Crippen molar-refractivity contribution in [3.63, 3.8) is 0 Å². The number of nitrogens with zero attached hydrogens (tertiary/aromatic N) is 3. The zero-order valence-electron chi connectivity index (χ0n) is 22.3. The van der Waals surface area contributed by atoms with E-state index in [2.05, 4.69) is 30.8 Å². The van der Waals surface area contributed by atoms with Crippen molar-refractivity contribution in [3.05, 3.63) is 42.0 Å². The molecule has 2 unspecified atom stereocenters. The monoisotopic (exact) mass is 585 g/mol. The van der Waals surface area contributed by atoms with Crippen LogP contribution in [0.3, 0.4) is 0 Å². The van der Waals surface area contributed by atoms with Crippen molar-refractivity contribution in [1.29, 1.82) is 0 Å². The van der Waals surface area contributed by atoms with Gasteiger partial charge in [-0.05, 0) is 37.9 Å². The summed E-state index contributed by atoms with van der Waals surface area (Å²) >= 11 is 0. The minimum absolute atomic E-state index is 0.0724. The molecule has 1 fully saturated rings. The maximum absolute atomic E-state index is 14.0. The number of aromatic nitrogens is 2. The molecular formula is C26H31F4N5O4S. The molecule has 40 heavy (non-hydrogen) atoms. The molecule has 0 bridgehead atoms. The van der Waals surface area contributed by atoms with E-state index in [-0.39, 0.29) is 17.3 Å². The summed E-state index contributed by atoms with van der Waals surface area (Å²) < 4.78 is 85.5. The van der Waals surface area contributed by atoms with Crippen LogP contribution in [0.5, 0.6) is 11.5 Å². The van der Waals surface area contributed by atoms with Gasteiger partial charge < -0.3 is 24.2 Å². The smallest absolute Gasteiger partial charge is 0.425 e. The van der Waals surface area contributed by atoms with Gasteiger partial charge in [0.15, 0.2) is 6.10 Å². The first-order valence-corrected chi connectivity index (χ1v) is 14.6. The topological polar surface area (TPSA) is 97.8 Å². The van der Waals surface area contributed by atoms with Crippen molar-refractivity contribution < 1.29 is 36.0 Å². The number of ether oxygens (including phenoxy) is 3. The fraction of sp³-hybridized carbons (Fsp3) is 0.423. The van der Waals surface area contributed by atoms with Gasteiger partial charge in [0.05, 0.1) is 30.1 Å². The summed E-state index contributed by atoms with van der Waals surface area (Å²) in [7, 11) is -2.68. The van der Waals surface area contributed by atoms with Gasteiger partial charge in [0.25, 0.3) is 0 Å². The van der Waals surface area contributed by atoms with Crippen LogP contribution in [0.15, 0.2) is 30.6 Å². The van der Waals surface area contributed by atoms with Crippen LogP contribution in [0, 0.1) is 12.7 Å². The molecule has 3 aromatic rings. The van der Waals surface area contributed by atoms with Crippen molar-refractivity contribution in [2.24, 2.45) is 0 Å². The lowest BCUT2D eigenvalue weighted by molar-refractivity contribution is -0.189. The molecule has 2 N–H and O–H groups in total. The molecule has 2 atom stereocenters. The Morgan fingerprint density at radius 3 is 2.60 bits per heavy atom. The lowest BCUT2D eigenvalue weighted by Gasteiger charge is -2.27. The van der Waals surface area contributed by atoms with E-state index in [1.165, 1.54) is 18.6 Å². The molecule has 0 saturated carbocycles. The molecule has 1 aliphatic rings. The quantitative estimate of drug-likeness (QED) is 0.265. The Kier molecular flexibility index (Phi) is 8.90. The Balaban J connectivity index is 1.72. The first-order valence-electron chi connectivity index (χ1n) is 12.4. The van der Waals surface area contributed by atoms with Gasteiger partial charge in [-0.25, -0.2) is 18.6 Å². The van der Waals surface area contributed by atoms with Crippen LogP contribution in [0.2, 0.25) is 0 Å². The minimum atomic E-state index is -4.65. The van der Waals surface area contributed by atoms with Crippen LogP contribution in [0.4, 0.5) is 34.8 Å². The van der Waals surface area contributed by atoms with E-state index in [1.54, 1.807) is 13.0 Å². The van der Waals surface area contributed by atoms with Crippen LogP contribution in [-0.2, 0) is 14.4 Å². The molecule has 4 rings (SSSR count). The molecule has 14 heteroatoms. The number of benzene rings is 2. The van der Waals surface area contributed by atoms with Crippen molar-refractivity contribution >= 4 is 43.7 Å². The normalized spacial score (nSPS) is 16.8. The summed E-state index contributed by atoms with van der Waals surface area (Å²) in [5.41, 5.74) is 1.52. The molecule has 0 spiro atoms. The van der Waals surface area contributed by atoms with Gasteiger partial charge in [-0.1, -0.05) is 0 Å². The molecule has 9 nitrogen and oxygen atoms in total. The fourth-order valence-corrected chi connectivity index (χ4v) is 4.79. The predicted octanol–water partition coefficient (Wildman–Crippen LogP) is 4.53. The zero-order valence-corrected chi connectivity index (χ0v) is 23.1. The average molecular weight is 586 g/mol. The maximum Gasteiger partial charge on any atom is 0.425 e. The first kappa shape index (κ1) is 29.6. The van der Waals surface area contributed by atoms with Gasteiger partial charge in [-0.15, -0.1) is 0 Å². The Morgan fingerprint density at radius 1 is 1.20 bits per heavy atom. The van der Waals surface area contributed by atoms with Crippen molar-refractivity contribution in [3.8, 4) is 11.5 Å². The molecule has 0 amide bonds. The lowest BCUT2D eigenvalue weighted by atomic mass is 10.1. The number of anilines is 3. The standard InChI is InChI=1S/C26H31F4N5O4S/c1-16-23-20(14-21(34-40(3,4)36)24(16)38-12-9-35-7-10-37-11-8-35)31-15-32-25(23)33-19-6-5-18(27)13-22(19)39-17(2)26(28,29)30/h5-6,13-15,17H,3,7-12H2,1-2,4H3,(H,34,36)(H,31,32,33). The maximum atomic E-state index is 14.0. The average Bonchev–Trinajstić information content (AvgIpc) is 2.86. The van der Waals surface area contributed by atoms with Gasteiger partial charge in [0, 0.05) is 52.6 Å². The van der Waals surface area contributed by atoms with E-state index in [0.717, 1.165) is 32.1 Å². The molecule has 0 radical (unpaired) electrons. The summed E-state index contributed by atoms with van der Waals surface area (Å²) in [6, 6.07) is 4.87. The van der Waals surface area contributed by atoms with Gasteiger partial charge in [-0.2, -0.15) is 13.2 Å². The number of alkyl halides is 3. The van der Waals surface area contributed by atoms with Gasteiger partial charge in [0.2, 0.25) is 0 Å².